The highest BCUT2D eigenvalue weighted by Crippen LogP contribution is 2.36. The summed E-state index contributed by atoms with van der Waals surface area (Å²) in [6.07, 6.45) is 0.480. The maximum absolute atomic E-state index is 10.5. The third kappa shape index (κ3) is 1.93. The van der Waals surface area contributed by atoms with E-state index in [9.17, 15) is 5.11 Å². The van der Waals surface area contributed by atoms with Crippen LogP contribution in [0, 0.1) is 0 Å². The molecule has 3 heteroatoms. The van der Waals surface area contributed by atoms with Crippen LogP contribution in [0.5, 0.6) is 5.75 Å². The Hall–Kier alpha value is -1.06. The highest BCUT2D eigenvalue weighted by molar-refractivity contribution is 5.33. The maximum atomic E-state index is 10.5. The van der Waals surface area contributed by atoms with E-state index in [1.165, 1.54) is 0 Å². The number of aliphatic hydroxyl groups is 1. The van der Waals surface area contributed by atoms with Crippen molar-refractivity contribution in [3.63, 3.8) is 0 Å². The van der Waals surface area contributed by atoms with Gasteiger partial charge in [-0.1, -0.05) is 12.1 Å². The molecule has 0 spiro atoms. The van der Waals surface area contributed by atoms with Gasteiger partial charge in [-0.15, -0.1) is 0 Å². The maximum Gasteiger partial charge on any atom is 0.119 e. The van der Waals surface area contributed by atoms with Crippen molar-refractivity contribution in [2.24, 2.45) is 0 Å². The predicted octanol–water partition coefficient (Wildman–Crippen LogP) is 2.08. The van der Waals surface area contributed by atoms with Crippen molar-refractivity contribution in [2.45, 2.75) is 32.0 Å². The molecule has 2 unspecified atom stereocenters. The van der Waals surface area contributed by atoms with Crippen LogP contribution in [0.1, 0.15) is 25.8 Å². The normalized spacial score (nSPS) is 29.3. The highest BCUT2D eigenvalue weighted by Gasteiger charge is 2.41. The summed E-state index contributed by atoms with van der Waals surface area (Å²) in [6, 6.07) is 7.63. The van der Waals surface area contributed by atoms with Crippen molar-refractivity contribution in [1.82, 2.24) is 0 Å². The molecule has 1 aliphatic heterocycles. The zero-order valence-corrected chi connectivity index (χ0v) is 9.77. The summed E-state index contributed by atoms with van der Waals surface area (Å²) in [6.45, 7) is 5.09. The average molecular weight is 222 g/mol. The van der Waals surface area contributed by atoms with E-state index in [2.05, 4.69) is 0 Å². The molecule has 0 saturated carbocycles. The van der Waals surface area contributed by atoms with Crippen LogP contribution in [0.25, 0.3) is 0 Å². The zero-order chi connectivity index (χ0) is 11.6. The Balaban J connectivity index is 2.29. The fraction of sp³-hybridized carbons (Fsp3) is 0.538. The van der Waals surface area contributed by atoms with Gasteiger partial charge in [-0.2, -0.15) is 0 Å². The molecule has 1 heterocycles. The van der Waals surface area contributed by atoms with Gasteiger partial charge in [0.15, 0.2) is 0 Å². The first-order valence-electron chi connectivity index (χ1n) is 5.74. The number of rotatable bonds is 3. The Morgan fingerprint density at radius 3 is 3.00 bits per heavy atom. The Labute approximate surface area is 96.0 Å². The minimum atomic E-state index is -0.868. The monoisotopic (exact) mass is 222 g/mol. The van der Waals surface area contributed by atoms with Crippen molar-refractivity contribution >= 4 is 0 Å². The van der Waals surface area contributed by atoms with Crippen molar-refractivity contribution in [2.75, 3.05) is 13.2 Å². The summed E-state index contributed by atoms with van der Waals surface area (Å²) in [4.78, 5) is 0. The fourth-order valence-electron chi connectivity index (χ4n) is 2.13. The van der Waals surface area contributed by atoms with Crippen LogP contribution in [-0.2, 0) is 10.3 Å². The van der Waals surface area contributed by atoms with Gasteiger partial charge in [0.05, 0.1) is 19.3 Å². The quantitative estimate of drug-likeness (QED) is 0.851. The first kappa shape index (κ1) is 11.4. The summed E-state index contributed by atoms with van der Waals surface area (Å²) in [5.74, 6) is 0.799. The van der Waals surface area contributed by atoms with Gasteiger partial charge in [-0.3, -0.25) is 0 Å². The van der Waals surface area contributed by atoms with Gasteiger partial charge in [0, 0.05) is 6.42 Å². The Kier molecular flexibility index (Phi) is 3.17. The van der Waals surface area contributed by atoms with Crippen molar-refractivity contribution < 1.29 is 14.6 Å². The summed E-state index contributed by atoms with van der Waals surface area (Å²) >= 11 is 0. The van der Waals surface area contributed by atoms with E-state index in [0.29, 0.717) is 19.6 Å². The SMILES string of the molecule is CCOc1cccc(C2(O)CCOC2C)c1. The number of hydrogen-bond acceptors (Lipinski definition) is 3. The summed E-state index contributed by atoms with van der Waals surface area (Å²) < 4.78 is 10.9. The largest absolute Gasteiger partial charge is 0.494 e. The molecule has 2 atom stereocenters. The summed E-state index contributed by atoms with van der Waals surface area (Å²) in [5.41, 5.74) is 0.0102. The molecule has 1 aromatic rings. The second-order valence-corrected chi connectivity index (χ2v) is 4.15. The van der Waals surface area contributed by atoms with Crippen LogP contribution in [0.15, 0.2) is 24.3 Å². The summed E-state index contributed by atoms with van der Waals surface area (Å²) in [5, 5.41) is 10.5. The van der Waals surface area contributed by atoms with Crippen LogP contribution in [0.4, 0.5) is 0 Å². The van der Waals surface area contributed by atoms with E-state index in [4.69, 9.17) is 9.47 Å². The third-order valence-corrected chi connectivity index (χ3v) is 3.17. The van der Waals surface area contributed by atoms with Crippen LogP contribution < -0.4 is 4.74 Å². The number of benzene rings is 1. The lowest BCUT2D eigenvalue weighted by atomic mass is 9.88. The second kappa shape index (κ2) is 4.44. The first-order chi connectivity index (χ1) is 7.66. The molecule has 0 radical (unpaired) electrons. The smallest absolute Gasteiger partial charge is 0.119 e. The minimum Gasteiger partial charge on any atom is -0.494 e. The molecule has 3 nitrogen and oxygen atoms in total. The molecule has 88 valence electrons. The Morgan fingerprint density at radius 2 is 2.38 bits per heavy atom. The molecule has 1 saturated heterocycles. The van der Waals surface area contributed by atoms with E-state index < -0.39 is 5.60 Å². The van der Waals surface area contributed by atoms with Gasteiger partial charge in [0.2, 0.25) is 0 Å². The molecule has 0 amide bonds. The third-order valence-electron chi connectivity index (χ3n) is 3.17. The van der Waals surface area contributed by atoms with Crippen molar-refractivity contribution in [3.05, 3.63) is 29.8 Å². The second-order valence-electron chi connectivity index (χ2n) is 4.15. The molecule has 0 aliphatic carbocycles. The van der Waals surface area contributed by atoms with E-state index in [1.807, 2.05) is 38.1 Å². The fourth-order valence-corrected chi connectivity index (χ4v) is 2.13. The predicted molar refractivity (Wildman–Crippen MR) is 61.5 cm³/mol. The molecule has 1 fully saturated rings. The number of ether oxygens (including phenoxy) is 2. The van der Waals surface area contributed by atoms with E-state index in [1.54, 1.807) is 0 Å². The van der Waals surface area contributed by atoms with Gasteiger partial charge in [0.1, 0.15) is 11.4 Å². The van der Waals surface area contributed by atoms with Gasteiger partial charge in [0.25, 0.3) is 0 Å². The minimum absolute atomic E-state index is 0.163. The van der Waals surface area contributed by atoms with Crippen LogP contribution in [-0.4, -0.2) is 24.4 Å². The van der Waals surface area contributed by atoms with E-state index >= 15 is 0 Å². The molecule has 1 N–H and O–H groups in total. The van der Waals surface area contributed by atoms with Gasteiger partial charge in [-0.05, 0) is 31.5 Å². The molecular weight excluding hydrogens is 204 g/mol. The topological polar surface area (TPSA) is 38.7 Å². The lowest BCUT2D eigenvalue weighted by Gasteiger charge is -2.26. The van der Waals surface area contributed by atoms with Crippen molar-refractivity contribution in [3.8, 4) is 5.75 Å². The van der Waals surface area contributed by atoms with Crippen molar-refractivity contribution in [1.29, 1.82) is 0 Å². The molecule has 16 heavy (non-hydrogen) atoms. The van der Waals surface area contributed by atoms with Crippen LogP contribution in [0.3, 0.4) is 0 Å². The van der Waals surface area contributed by atoms with E-state index in [0.717, 1.165) is 11.3 Å². The van der Waals surface area contributed by atoms with E-state index in [-0.39, 0.29) is 6.10 Å². The van der Waals surface area contributed by atoms with Gasteiger partial charge < -0.3 is 14.6 Å². The standard InChI is InChI=1S/C13H18O3/c1-3-15-12-6-4-5-11(9-12)13(14)7-8-16-10(13)2/h4-6,9-10,14H,3,7-8H2,1-2H3. The molecule has 1 aromatic carbocycles. The summed E-state index contributed by atoms with van der Waals surface area (Å²) in [7, 11) is 0. The average Bonchev–Trinajstić information content (AvgIpc) is 2.62. The van der Waals surface area contributed by atoms with Gasteiger partial charge >= 0.3 is 0 Å². The zero-order valence-electron chi connectivity index (χ0n) is 9.77. The molecular formula is C13H18O3. The molecule has 2 rings (SSSR count). The number of hydrogen-bond donors (Lipinski definition) is 1. The first-order valence-corrected chi connectivity index (χ1v) is 5.74. The van der Waals surface area contributed by atoms with Crippen LogP contribution >= 0.6 is 0 Å². The lowest BCUT2D eigenvalue weighted by molar-refractivity contribution is -0.0318. The Bertz CT molecular complexity index is 364. The Morgan fingerprint density at radius 1 is 1.56 bits per heavy atom. The molecule has 0 bridgehead atoms. The van der Waals surface area contributed by atoms with Gasteiger partial charge in [-0.25, -0.2) is 0 Å². The molecule has 1 aliphatic rings. The molecule has 0 aromatic heterocycles. The highest BCUT2D eigenvalue weighted by atomic mass is 16.5. The lowest BCUT2D eigenvalue weighted by Crippen LogP contribution is -2.33. The van der Waals surface area contributed by atoms with Crippen LogP contribution in [0.2, 0.25) is 0 Å².